The summed E-state index contributed by atoms with van der Waals surface area (Å²) >= 11 is 7.34. The minimum atomic E-state index is 0.0474. The lowest BCUT2D eigenvalue weighted by molar-refractivity contribution is 0.740. The van der Waals surface area contributed by atoms with Gasteiger partial charge in [-0.05, 0) is 23.8 Å². The second-order valence-corrected chi connectivity index (χ2v) is 5.23. The van der Waals surface area contributed by atoms with Crippen molar-refractivity contribution in [1.29, 1.82) is 0 Å². The van der Waals surface area contributed by atoms with E-state index >= 15 is 0 Å². The fourth-order valence-electron chi connectivity index (χ4n) is 1.82. The Morgan fingerprint density at radius 1 is 1.47 bits per heavy atom. The van der Waals surface area contributed by atoms with Gasteiger partial charge in [0.15, 0.2) is 4.80 Å². The molecule has 1 aromatic carbocycles. The minimum absolute atomic E-state index is 0.0474. The van der Waals surface area contributed by atoms with Crippen LogP contribution in [0.15, 0.2) is 34.1 Å². The Morgan fingerprint density at radius 3 is 3.12 bits per heavy atom. The van der Waals surface area contributed by atoms with Gasteiger partial charge in [0.25, 0.3) is 5.56 Å². The summed E-state index contributed by atoms with van der Waals surface area (Å²) in [5.74, 6) is 0. The van der Waals surface area contributed by atoms with Crippen LogP contribution in [0.4, 0.5) is 0 Å². The predicted molar refractivity (Wildman–Crippen MR) is 69.2 cm³/mol. The zero-order chi connectivity index (χ0) is 11.8. The minimum Gasteiger partial charge on any atom is -0.282 e. The molecule has 17 heavy (non-hydrogen) atoms. The Hall–Kier alpha value is -1.39. The molecule has 1 aromatic heterocycles. The van der Waals surface area contributed by atoms with Crippen LogP contribution in [0.3, 0.4) is 0 Å². The predicted octanol–water partition coefficient (Wildman–Crippen LogP) is 1.03. The summed E-state index contributed by atoms with van der Waals surface area (Å²) in [7, 11) is 0. The Labute approximate surface area is 106 Å². The van der Waals surface area contributed by atoms with Gasteiger partial charge < -0.3 is 0 Å². The lowest BCUT2D eigenvalue weighted by atomic mass is 10.2. The monoisotopic (exact) mass is 264 g/mol. The van der Waals surface area contributed by atoms with Crippen molar-refractivity contribution < 1.29 is 0 Å². The first-order chi connectivity index (χ1) is 8.24. The van der Waals surface area contributed by atoms with Gasteiger partial charge in [0.2, 0.25) is 0 Å². The highest BCUT2D eigenvalue weighted by molar-refractivity contribution is 7.07. The molecule has 3 nitrogen and oxygen atoms in total. The maximum Gasteiger partial charge on any atom is 0.270 e. The number of benzene rings is 1. The molecular formula is C12H9ClN2OS. The summed E-state index contributed by atoms with van der Waals surface area (Å²) in [4.78, 5) is 17.1. The highest BCUT2D eigenvalue weighted by Crippen LogP contribution is 2.10. The van der Waals surface area contributed by atoms with Crippen LogP contribution in [0.5, 0.6) is 0 Å². The summed E-state index contributed by atoms with van der Waals surface area (Å²) in [6.45, 7) is 1.42. The average molecular weight is 265 g/mol. The lowest BCUT2D eigenvalue weighted by Gasteiger charge is -1.92. The van der Waals surface area contributed by atoms with Gasteiger partial charge in [0, 0.05) is 11.6 Å². The SMILES string of the molecule is O=c1c(=Cc2cccc(Cl)c2)sc2n1CCN=2. The highest BCUT2D eigenvalue weighted by Gasteiger charge is 2.09. The van der Waals surface area contributed by atoms with Crippen LogP contribution in [-0.4, -0.2) is 11.1 Å². The van der Waals surface area contributed by atoms with E-state index in [0.717, 1.165) is 16.9 Å². The number of aromatic nitrogens is 1. The first-order valence-corrected chi connectivity index (χ1v) is 6.45. The van der Waals surface area contributed by atoms with Crippen LogP contribution in [0, 0.1) is 0 Å². The van der Waals surface area contributed by atoms with Crippen LogP contribution in [0.25, 0.3) is 6.08 Å². The van der Waals surface area contributed by atoms with Crippen molar-refractivity contribution in [2.24, 2.45) is 4.99 Å². The number of rotatable bonds is 1. The first kappa shape index (κ1) is 10.7. The van der Waals surface area contributed by atoms with Gasteiger partial charge in [-0.1, -0.05) is 35.1 Å². The van der Waals surface area contributed by atoms with E-state index < -0.39 is 0 Å². The van der Waals surface area contributed by atoms with Gasteiger partial charge >= 0.3 is 0 Å². The van der Waals surface area contributed by atoms with E-state index in [2.05, 4.69) is 4.99 Å². The summed E-state index contributed by atoms with van der Waals surface area (Å²) in [6.07, 6.45) is 1.86. The van der Waals surface area contributed by atoms with Crippen molar-refractivity contribution in [3.8, 4) is 0 Å². The molecule has 0 spiro atoms. The molecule has 0 N–H and O–H groups in total. The topological polar surface area (TPSA) is 34.4 Å². The van der Waals surface area contributed by atoms with E-state index in [4.69, 9.17) is 11.6 Å². The van der Waals surface area contributed by atoms with Crippen molar-refractivity contribution >= 4 is 29.0 Å². The van der Waals surface area contributed by atoms with E-state index in [1.807, 2.05) is 30.3 Å². The standard InChI is InChI=1S/C12H9ClN2OS/c13-9-3-1-2-8(6-9)7-10-11(16)15-5-4-14-12(15)17-10/h1-3,6-7H,4-5H2. The molecule has 1 aliphatic heterocycles. The van der Waals surface area contributed by atoms with E-state index in [1.54, 1.807) is 4.57 Å². The third-order valence-electron chi connectivity index (χ3n) is 2.61. The molecule has 3 rings (SSSR count). The van der Waals surface area contributed by atoms with Crippen molar-refractivity contribution in [1.82, 2.24) is 4.57 Å². The highest BCUT2D eigenvalue weighted by atomic mass is 35.5. The van der Waals surface area contributed by atoms with Crippen LogP contribution in [0.2, 0.25) is 5.02 Å². The Balaban J connectivity index is 2.20. The molecule has 5 heteroatoms. The quantitative estimate of drug-likeness (QED) is 0.757. The number of hydrogen-bond donors (Lipinski definition) is 0. The Bertz CT molecular complexity index is 745. The Morgan fingerprint density at radius 2 is 2.35 bits per heavy atom. The molecule has 0 atom stereocenters. The van der Waals surface area contributed by atoms with Crippen LogP contribution >= 0.6 is 22.9 Å². The van der Waals surface area contributed by atoms with E-state index in [0.29, 0.717) is 16.1 Å². The number of hydrogen-bond acceptors (Lipinski definition) is 3. The molecular weight excluding hydrogens is 256 g/mol. The molecule has 2 aromatic rings. The summed E-state index contributed by atoms with van der Waals surface area (Å²) < 4.78 is 2.44. The largest absolute Gasteiger partial charge is 0.282 e. The summed E-state index contributed by atoms with van der Waals surface area (Å²) in [5, 5.41) is 0.674. The second kappa shape index (κ2) is 4.13. The Kier molecular flexibility index (Phi) is 2.61. The van der Waals surface area contributed by atoms with E-state index in [9.17, 15) is 4.79 Å². The molecule has 0 amide bonds. The number of thiazole rings is 1. The third-order valence-corrected chi connectivity index (χ3v) is 3.88. The molecule has 0 bridgehead atoms. The molecule has 0 saturated heterocycles. The van der Waals surface area contributed by atoms with Crippen molar-refractivity contribution in [2.45, 2.75) is 6.54 Å². The zero-order valence-electron chi connectivity index (χ0n) is 8.89. The van der Waals surface area contributed by atoms with Crippen LogP contribution in [0.1, 0.15) is 5.56 Å². The fourth-order valence-corrected chi connectivity index (χ4v) is 3.04. The van der Waals surface area contributed by atoms with Gasteiger partial charge in [0.05, 0.1) is 11.1 Å². The van der Waals surface area contributed by atoms with Gasteiger partial charge in [-0.15, -0.1) is 0 Å². The molecule has 0 saturated carbocycles. The maximum atomic E-state index is 12.0. The third kappa shape index (κ3) is 1.94. The number of halogens is 1. The molecule has 1 aliphatic rings. The van der Waals surface area contributed by atoms with Crippen LogP contribution < -0.4 is 14.9 Å². The van der Waals surface area contributed by atoms with Gasteiger partial charge in [-0.25, -0.2) is 0 Å². The van der Waals surface area contributed by atoms with Gasteiger partial charge in [-0.2, -0.15) is 0 Å². The maximum absolute atomic E-state index is 12.0. The fraction of sp³-hybridized carbons (Fsp3) is 0.167. The van der Waals surface area contributed by atoms with Crippen molar-refractivity contribution in [3.05, 3.63) is 54.5 Å². The van der Waals surface area contributed by atoms with Gasteiger partial charge in [0.1, 0.15) is 0 Å². The molecule has 2 heterocycles. The average Bonchev–Trinajstić information content (AvgIpc) is 2.84. The number of fused-ring (bicyclic) bond motifs is 1. The zero-order valence-corrected chi connectivity index (χ0v) is 10.5. The molecule has 0 unspecified atom stereocenters. The second-order valence-electron chi connectivity index (χ2n) is 3.79. The van der Waals surface area contributed by atoms with E-state index in [-0.39, 0.29) is 5.56 Å². The van der Waals surface area contributed by atoms with E-state index in [1.165, 1.54) is 11.3 Å². The van der Waals surface area contributed by atoms with Gasteiger partial charge in [-0.3, -0.25) is 14.4 Å². The summed E-state index contributed by atoms with van der Waals surface area (Å²) in [5.41, 5.74) is 0.987. The summed E-state index contributed by atoms with van der Waals surface area (Å²) in [6, 6.07) is 7.46. The normalized spacial score (nSPS) is 14.8. The van der Waals surface area contributed by atoms with Crippen LogP contribution in [-0.2, 0) is 6.54 Å². The number of nitrogens with zero attached hydrogens (tertiary/aromatic N) is 2. The molecule has 0 radical (unpaired) electrons. The molecule has 0 aliphatic carbocycles. The smallest absolute Gasteiger partial charge is 0.270 e. The lowest BCUT2D eigenvalue weighted by Crippen LogP contribution is -2.29. The van der Waals surface area contributed by atoms with Crippen molar-refractivity contribution in [3.63, 3.8) is 0 Å². The van der Waals surface area contributed by atoms with Crippen molar-refractivity contribution in [2.75, 3.05) is 6.54 Å². The molecule has 0 fully saturated rings. The first-order valence-electron chi connectivity index (χ1n) is 5.25. The molecule has 86 valence electrons.